The van der Waals surface area contributed by atoms with Crippen LogP contribution in [0.25, 0.3) is 0 Å². The van der Waals surface area contributed by atoms with Gasteiger partial charge in [-0.2, -0.15) is 8.42 Å². The minimum absolute atomic E-state index is 0.0409. The fourth-order valence-corrected chi connectivity index (χ4v) is 4.56. The molecule has 2 aromatic heterocycles. The van der Waals surface area contributed by atoms with Gasteiger partial charge in [-0.1, -0.05) is 5.16 Å². The smallest absolute Gasteiger partial charge is 0.269 e. The third-order valence-corrected chi connectivity index (χ3v) is 6.16. The highest BCUT2D eigenvalue weighted by Crippen LogP contribution is 2.34. The predicted octanol–water partition coefficient (Wildman–Crippen LogP) is 4.57. The van der Waals surface area contributed by atoms with Crippen LogP contribution >= 0.6 is 22.7 Å². The van der Waals surface area contributed by atoms with Crippen LogP contribution in [0.5, 0.6) is 0 Å². The van der Waals surface area contributed by atoms with Crippen molar-refractivity contribution in [2.24, 2.45) is 5.16 Å². The van der Waals surface area contributed by atoms with Crippen molar-refractivity contribution in [2.45, 2.75) is 25.7 Å². The Bertz CT molecular complexity index is 792. The summed E-state index contributed by atoms with van der Waals surface area (Å²) in [5.41, 5.74) is 1.94. The fourth-order valence-electron chi connectivity index (χ4n) is 2.35. The molecule has 9 heteroatoms. The molecule has 0 bridgehead atoms. The van der Waals surface area contributed by atoms with Gasteiger partial charge in [-0.25, -0.2) is 8.78 Å². The zero-order valence-electron chi connectivity index (χ0n) is 14.0. The first-order valence-electron chi connectivity index (χ1n) is 7.43. The van der Waals surface area contributed by atoms with Crippen molar-refractivity contribution in [3.63, 3.8) is 0 Å². The van der Waals surface area contributed by atoms with Gasteiger partial charge in [-0.05, 0) is 47.9 Å². The number of alkyl halides is 2. The second kappa shape index (κ2) is 8.37. The Labute approximate surface area is 154 Å². The van der Waals surface area contributed by atoms with Crippen LogP contribution in [0, 0.1) is 13.8 Å². The highest BCUT2D eigenvalue weighted by atomic mass is 32.2. The van der Waals surface area contributed by atoms with E-state index in [4.69, 9.17) is 0 Å². The Kier molecular flexibility index (Phi) is 6.70. The van der Waals surface area contributed by atoms with E-state index in [0.717, 1.165) is 17.4 Å². The zero-order chi connectivity index (χ0) is 18.6. The molecule has 2 unspecified atom stereocenters. The predicted molar refractivity (Wildman–Crippen MR) is 98.9 cm³/mol. The van der Waals surface area contributed by atoms with E-state index in [0.29, 0.717) is 9.75 Å². The van der Waals surface area contributed by atoms with Gasteiger partial charge in [0.15, 0.2) is 0 Å². The van der Waals surface area contributed by atoms with Crippen molar-refractivity contribution in [2.75, 3.05) is 19.6 Å². The third-order valence-electron chi connectivity index (χ3n) is 3.49. The number of halogens is 2. The topological polar surface area (TPSA) is 55.7 Å². The molecule has 4 nitrogen and oxygen atoms in total. The molecule has 2 aromatic rings. The summed E-state index contributed by atoms with van der Waals surface area (Å²) in [4.78, 5) is 1.31. The van der Waals surface area contributed by atoms with Gasteiger partial charge in [0, 0.05) is 9.75 Å². The first-order chi connectivity index (χ1) is 11.7. The van der Waals surface area contributed by atoms with Crippen LogP contribution in [-0.2, 0) is 14.4 Å². The van der Waals surface area contributed by atoms with E-state index < -0.39 is 35.3 Å². The lowest BCUT2D eigenvalue weighted by Crippen LogP contribution is -2.24. The van der Waals surface area contributed by atoms with Crippen LogP contribution in [0.15, 0.2) is 28.0 Å². The van der Waals surface area contributed by atoms with Crippen LogP contribution < -0.4 is 0 Å². The Morgan fingerprint density at radius 1 is 1.08 bits per heavy atom. The maximum Gasteiger partial charge on any atom is 0.325 e. The Hall–Kier alpha value is -1.32. The summed E-state index contributed by atoms with van der Waals surface area (Å²) < 4.78 is 54.9. The first-order valence-corrected chi connectivity index (χ1v) is 11.0. The van der Waals surface area contributed by atoms with Crippen LogP contribution in [0.4, 0.5) is 8.78 Å². The van der Waals surface area contributed by atoms with Crippen molar-refractivity contribution < 1.29 is 21.5 Å². The molecule has 0 aliphatic rings. The summed E-state index contributed by atoms with van der Waals surface area (Å²) in [6.45, 7) is 2.09. The van der Waals surface area contributed by atoms with Gasteiger partial charge in [0.05, 0.1) is 23.8 Å². The molecule has 0 N–H and O–H groups in total. The van der Waals surface area contributed by atoms with Crippen LogP contribution in [0.2, 0.25) is 0 Å². The summed E-state index contributed by atoms with van der Waals surface area (Å²) in [5.74, 6) is -1.72. The van der Waals surface area contributed by atoms with E-state index in [1.165, 1.54) is 22.7 Å². The molecular formula is C16H19F2NO3S3. The van der Waals surface area contributed by atoms with Crippen LogP contribution in [0.1, 0.15) is 32.7 Å². The number of hydrogen-bond acceptors (Lipinski definition) is 6. The Morgan fingerprint density at radius 3 is 1.80 bits per heavy atom. The lowest BCUT2D eigenvalue weighted by Gasteiger charge is -2.20. The third kappa shape index (κ3) is 5.32. The van der Waals surface area contributed by atoms with E-state index in [1.54, 1.807) is 12.1 Å². The summed E-state index contributed by atoms with van der Waals surface area (Å²) in [7, 11) is -3.88. The van der Waals surface area contributed by atoms with E-state index in [9.17, 15) is 17.2 Å². The molecule has 0 spiro atoms. The average molecular weight is 408 g/mol. The van der Waals surface area contributed by atoms with Gasteiger partial charge in [0.25, 0.3) is 0 Å². The molecule has 0 radical (unpaired) electrons. The SMILES string of the molecule is Cc1csc(C(CF)C(=NOS(C)(=O)=O)C(CF)c2cc(C)cs2)c1. The fraction of sp³-hybridized carbons (Fsp3) is 0.438. The maximum absolute atomic E-state index is 13.8. The number of hydrogen-bond donors (Lipinski definition) is 0. The first kappa shape index (κ1) is 20.0. The van der Waals surface area contributed by atoms with Gasteiger partial charge in [-0.3, -0.25) is 4.28 Å². The van der Waals surface area contributed by atoms with E-state index >= 15 is 0 Å². The summed E-state index contributed by atoms with van der Waals surface area (Å²) in [6.07, 6.45) is 0.841. The highest BCUT2D eigenvalue weighted by molar-refractivity contribution is 7.85. The van der Waals surface area contributed by atoms with Gasteiger partial charge < -0.3 is 0 Å². The molecule has 0 aliphatic carbocycles. The minimum Gasteiger partial charge on any atom is -0.269 e. The Balaban J connectivity index is 2.50. The van der Waals surface area contributed by atoms with Gasteiger partial charge in [0.2, 0.25) is 0 Å². The summed E-state index contributed by atoms with van der Waals surface area (Å²) >= 11 is 2.65. The lowest BCUT2D eigenvalue weighted by atomic mass is 9.90. The number of oxime groups is 1. The maximum atomic E-state index is 13.8. The summed E-state index contributed by atoms with van der Waals surface area (Å²) in [5, 5.41) is 7.38. The molecule has 2 rings (SSSR count). The second-order valence-corrected chi connectivity index (χ2v) is 9.20. The number of rotatable bonds is 8. The normalized spacial score (nSPS) is 14.1. The van der Waals surface area contributed by atoms with Gasteiger partial charge in [-0.15, -0.1) is 22.7 Å². The molecule has 0 fully saturated rings. The minimum atomic E-state index is -3.88. The van der Waals surface area contributed by atoms with E-state index in [1.807, 2.05) is 24.6 Å². The largest absolute Gasteiger partial charge is 0.325 e. The lowest BCUT2D eigenvalue weighted by molar-refractivity contribution is 0.333. The van der Waals surface area contributed by atoms with E-state index in [2.05, 4.69) is 9.44 Å². The molecule has 0 saturated carbocycles. The molecule has 0 aliphatic heterocycles. The molecule has 0 aromatic carbocycles. The van der Waals surface area contributed by atoms with Crippen LogP contribution in [0.3, 0.4) is 0 Å². The van der Waals surface area contributed by atoms with E-state index in [-0.39, 0.29) is 5.71 Å². The van der Waals surface area contributed by atoms with Gasteiger partial charge >= 0.3 is 10.1 Å². The summed E-state index contributed by atoms with van der Waals surface area (Å²) in [6, 6.07) is 3.58. The number of thiophene rings is 2. The second-order valence-electron chi connectivity index (χ2n) is 5.76. The standard InChI is InChI=1S/C16H19F2NO3S3/c1-10-4-14(23-8-10)12(6-17)16(19-22-25(3,20)21)13(7-18)15-5-11(2)9-24-15/h4-5,8-9,12-13H,6-7H2,1-3H3. The molecule has 138 valence electrons. The van der Waals surface area contributed by atoms with Crippen molar-refractivity contribution in [1.82, 2.24) is 0 Å². The van der Waals surface area contributed by atoms with Crippen molar-refractivity contribution in [1.29, 1.82) is 0 Å². The average Bonchev–Trinajstić information content (AvgIpc) is 3.14. The molecule has 2 atom stereocenters. The number of nitrogens with zero attached hydrogens (tertiary/aromatic N) is 1. The van der Waals surface area contributed by atoms with Crippen LogP contribution in [-0.4, -0.2) is 33.7 Å². The Morgan fingerprint density at radius 2 is 1.52 bits per heavy atom. The van der Waals surface area contributed by atoms with Crippen molar-refractivity contribution in [3.8, 4) is 0 Å². The molecule has 25 heavy (non-hydrogen) atoms. The van der Waals surface area contributed by atoms with Gasteiger partial charge in [0.1, 0.15) is 13.3 Å². The van der Waals surface area contributed by atoms with Crippen molar-refractivity contribution >= 4 is 38.5 Å². The molecule has 0 saturated heterocycles. The molecular weight excluding hydrogens is 388 g/mol. The quantitative estimate of drug-likeness (QED) is 0.476. The monoisotopic (exact) mass is 407 g/mol. The highest BCUT2D eigenvalue weighted by Gasteiger charge is 2.31. The molecule has 0 amide bonds. The molecule has 2 heterocycles. The number of aryl methyl sites for hydroxylation is 2. The zero-order valence-corrected chi connectivity index (χ0v) is 16.5. The van der Waals surface area contributed by atoms with Crippen molar-refractivity contribution in [3.05, 3.63) is 43.8 Å².